The molecule has 1 aliphatic rings. The summed E-state index contributed by atoms with van der Waals surface area (Å²) in [7, 11) is 0. The SMILES string of the molecule is C[C@H](NC(=O)[C@@H]1CC(=O)N(c2cccc(Cl)c2)C1)c1ccncc1. The summed E-state index contributed by atoms with van der Waals surface area (Å²) in [6, 6.07) is 10.7. The molecule has 1 saturated heterocycles. The van der Waals surface area contributed by atoms with Crippen LogP contribution in [0.15, 0.2) is 48.8 Å². The zero-order chi connectivity index (χ0) is 17.1. The fourth-order valence-corrected chi connectivity index (χ4v) is 3.03. The highest BCUT2D eigenvalue weighted by Gasteiger charge is 2.35. The van der Waals surface area contributed by atoms with Crippen LogP contribution in [0.2, 0.25) is 5.02 Å². The molecule has 2 heterocycles. The van der Waals surface area contributed by atoms with Crippen LogP contribution in [0.25, 0.3) is 0 Å². The van der Waals surface area contributed by atoms with Gasteiger partial charge >= 0.3 is 0 Å². The van der Waals surface area contributed by atoms with Gasteiger partial charge in [-0.05, 0) is 42.8 Å². The normalized spacial score (nSPS) is 18.5. The Balaban J connectivity index is 1.66. The molecule has 1 aromatic heterocycles. The van der Waals surface area contributed by atoms with Gasteiger partial charge in [-0.2, -0.15) is 0 Å². The first-order valence-corrected chi connectivity index (χ1v) is 8.18. The van der Waals surface area contributed by atoms with Gasteiger partial charge in [0.15, 0.2) is 0 Å². The largest absolute Gasteiger partial charge is 0.349 e. The summed E-state index contributed by atoms with van der Waals surface area (Å²) in [5.74, 6) is -0.535. The predicted molar refractivity (Wildman–Crippen MR) is 92.7 cm³/mol. The first-order valence-electron chi connectivity index (χ1n) is 7.81. The highest BCUT2D eigenvalue weighted by atomic mass is 35.5. The molecule has 0 bridgehead atoms. The van der Waals surface area contributed by atoms with E-state index in [1.807, 2.05) is 25.1 Å². The van der Waals surface area contributed by atoms with Crippen LogP contribution in [-0.2, 0) is 9.59 Å². The number of hydrogen-bond donors (Lipinski definition) is 1. The number of carbonyl (C=O) groups is 2. The number of carbonyl (C=O) groups excluding carboxylic acids is 2. The first kappa shape index (κ1) is 16.5. The Morgan fingerprint density at radius 1 is 1.33 bits per heavy atom. The minimum atomic E-state index is -0.360. The second kappa shape index (κ2) is 7.01. The fourth-order valence-electron chi connectivity index (χ4n) is 2.84. The number of nitrogens with zero attached hydrogens (tertiary/aromatic N) is 2. The Kier molecular flexibility index (Phi) is 4.81. The number of nitrogens with one attached hydrogen (secondary N) is 1. The van der Waals surface area contributed by atoms with Gasteiger partial charge in [-0.1, -0.05) is 17.7 Å². The third kappa shape index (κ3) is 3.57. The van der Waals surface area contributed by atoms with E-state index in [2.05, 4.69) is 10.3 Å². The van der Waals surface area contributed by atoms with Crippen molar-refractivity contribution < 1.29 is 9.59 Å². The lowest BCUT2D eigenvalue weighted by Gasteiger charge is -2.19. The number of aromatic nitrogens is 1. The van der Waals surface area contributed by atoms with Crippen molar-refractivity contribution in [2.24, 2.45) is 5.92 Å². The van der Waals surface area contributed by atoms with Crippen LogP contribution >= 0.6 is 11.6 Å². The third-order valence-electron chi connectivity index (χ3n) is 4.18. The number of halogens is 1. The Morgan fingerprint density at radius 3 is 2.79 bits per heavy atom. The molecule has 1 aromatic carbocycles. The smallest absolute Gasteiger partial charge is 0.227 e. The topological polar surface area (TPSA) is 62.3 Å². The standard InChI is InChI=1S/C18H18ClN3O2/c1-12(13-5-7-20-8-6-13)21-18(24)14-9-17(23)22(11-14)16-4-2-3-15(19)10-16/h2-8,10,12,14H,9,11H2,1H3,(H,21,24)/t12-,14+/m0/s1. The van der Waals surface area contributed by atoms with Crippen molar-refractivity contribution in [2.75, 3.05) is 11.4 Å². The van der Waals surface area contributed by atoms with Crippen molar-refractivity contribution in [2.45, 2.75) is 19.4 Å². The Hall–Kier alpha value is -2.40. The van der Waals surface area contributed by atoms with Crippen LogP contribution in [0, 0.1) is 5.92 Å². The van der Waals surface area contributed by atoms with Gasteiger partial charge in [0.2, 0.25) is 11.8 Å². The molecule has 124 valence electrons. The molecule has 24 heavy (non-hydrogen) atoms. The van der Waals surface area contributed by atoms with E-state index in [0.717, 1.165) is 11.3 Å². The van der Waals surface area contributed by atoms with Gasteiger partial charge in [-0.3, -0.25) is 14.6 Å². The molecule has 2 aromatic rings. The summed E-state index contributed by atoms with van der Waals surface area (Å²) in [5.41, 5.74) is 1.71. The molecule has 3 rings (SSSR count). The minimum absolute atomic E-state index is 0.0611. The summed E-state index contributed by atoms with van der Waals surface area (Å²) < 4.78 is 0. The number of pyridine rings is 1. The first-order chi connectivity index (χ1) is 11.5. The van der Waals surface area contributed by atoms with Gasteiger partial charge in [0, 0.05) is 36.1 Å². The molecule has 2 amide bonds. The molecular weight excluding hydrogens is 326 g/mol. The van der Waals surface area contributed by atoms with E-state index < -0.39 is 0 Å². The lowest BCUT2D eigenvalue weighted by molar-refractivity contribution is -0.126. The molecular formula is C18H18ClN3O2. The number of amides is 2. The zero-order valence-corrected chi connectivity index (χ0v) is 14.0. The van der Waals surface area contributed by atoms with Gasteiger partial charge in [0.05, 0.1) is 12.0 Å². The summed E-state index contributed by atoms with van der Waals surface area (Å²) in [5, 5.41) is 3.54. The average molecular weight is 344 g/mol. The van der Waals surface area contributed by atoms with E-state index in [4.69, 9.17) is 11.6 Å². The summed E-state index contributed by atoms with van der Waals surface area (Å²) >= 11 is 5.98. The van der Waals surface area contributed by atoms with Crippen molar-refractivity contribution in [1.82, 2.24) is 10.3 Å². The molecule has 1 fully saturated rings. The van der Waals surface area contributed by atoms with Crippen molar-refractivity contribution in [3.8, 4) is 0 Å². The summed E-state index contributed by atoms with van der Waals surface area (Å²) in [4.78, 5) is 30.3. The highest BCUT2D eigenvalue weighted by molar-refractivity contribution is 6.30. The maximum absolute atomic E-state index is 12.5. The molecule has 0 radical (unpaired) electrons. The van der Waals surface area contributed by atoms with Crippen LogP contribution in [-0.4, -0.2) is 23.3 Å². The van der Waals surface area contributed by atoms with Crippen LogP contribution in [0.1, 0.15) is 24.9 Å². The van der Waals surface area contributed by atoms with E-state index in [1.54, 1.807) is 35.5 Å². The summed E-state index contributed by atoms with van der Waals surface area (Å²) in [6.07, 6.45) is 3.59. The maximum Gasteiger partial charge on any atom is 0.227 e. The maximum atomic E-state index is 12.5. The second-order valence-electron chi connectivity index (χ2n) is 5.90. The van der Waals surface area contributed by atoms with Gasteiger partial charge in [0.25, 0.3) is 0 Å². The van der Waals surface area contributed by atoms with Crippen LogP contribution in [0.3, 0.4) is 0 Å². The molecule has 2 atom stereocenters. The van der Waals surface area contributed by atoms with Crippen molar-refractivity contribution in [1.29, 1.82) is 0 Å². The van der Waals surface area contributed by atoms with E-state index in [9.17, 15) is 9.59 Å². The molecule has 1 aliphatic heterocycles. The lowest BCUT2D eigenvalue weighted by atomic mass is 10.1. The Morgan fingerprint density at radius 2 is 2.08 bits per heavy atom. The molecule has 0 aliphatic carbocycles. The molecule has 0 saturated carbocycles. The van der Waals surface area contributed by atoms with E-state index >= 15 is 0 Å². The number of rotatable bonds is 4. The minimum Gasteiger partial charge on any atom is -0.349 e. The van der Waals surface area contributed by atoms with Gasteiger partial charge in [-0.25, -0.2) is 0 Å². The van der Waals surface area contributed by atoms with Crippen molar-refractivity contribution in [3.05, 3.63) is 59.4 Å². The van der Waals surface area contributed by atoms with E-state index in [0.29, 0.717) is 11.6 Å². The van der Waals surface area contributed by atoms with Crippen molar-refractivity contribution >= 4 is 29.1 Å². The monoisotopic (exact) mass is 343 g/mol. The second-order valence-corrected chi connectivity index (χ2v) is 6.33. The molecule has 0 spiro atoms. The Labute approximate surface area is 145 Å². The average Bonchev–Trinajstić information content (AvgIpc) is 2.97. The number of benzene rings is 1. The van der Waals surface area contributed by atoms with Crippen LogP contribution < -0.4 is 10.2 Å². The van der Waals surface area contributed by atoms with Crippen LogP contribution in [0.4, 0.5) is 5.69 Å². The zero-order valence-electron chi connectivity index (χ0n) is 13.3. The Bertz CT molecular complexity index is 751. The van der Waals surface area contributed by atoms with Gasteiger partial charge in [0.1, 0.15) is 0 Å². The number of anilines is 1. The van der Waals surface area contributed by atoms with Crippen LogP contribution in [0.5, 0.6) is 0 Å². The fraction of sp³-hybridized carbons (Fsp3) is 0.278. The molecule has 0 unspecified atom stereocenters. The predicted octanol–water partition coefficient (Wildman–Crippen LogP) is 2.97. The quantitative estimate of drug-likeness (QED) is 0.928. The van der Waals surface area contributed by atoms with E-state index in [-0.39, 0.29) is 30.2 Å². The summed E-state index contributed by atoms with van der Waals surface area (Å²) in [6.45, 7) is 2.28. The molecule has 5 nitrogen and oxygen atoms in total. The van der Waals surface area contributed by atoms with Crippen molar-refractivity contribution in [3.63, 3.8) is 0 Å². The highest BCUT2D eigenvalue weighted by Crippen LogP contribution is 2.27. The van der Waals surface area contributed by atoms with Gasteiger partial charge < -0.3 is 10.2 Å². The molecule has 6 heteroatoms. The number of hydrogen-bond acceptors (Lipinski definition) is 3. The third-order valence-corrected chi connectivity index (χ3v) is 4.42. The lowest BCUT2D eigenvalue weighted by Crippen LogP contribution is -2.34. The van der Waals surface area contributed by atoms with Gasteiger partial charge in [-0.15, -0.1) is 0 Å². The van der Waals surface area contributed by atoms with E-state index in [1.165, 1.54) is 0 Å². The molecule has 1 N–H and O–H groups in total.